The molecular formula is C20H16Cl2N4O3. The molecule has 1 unspecified atom stereocenters. The number of nitrogens with one attached hydrogen (secondary N) is 1. The molecule has 1 saturated heterocycles. The number of halogens is 2. The normalized spacial score (nSPS) is 23.1. The molecule has 1 aromatic carbocycles. The Labute approximate surface area is 176 Å². The van der Waals surface area contributed by atoms with Crippen LogP contribution in [-0.2, 0) is 9.59 Å². The highest BCUT2D eigenvalue weighted by molar-refractivity contribution is 6.32. The third-order valence-electron chi connectivity index (χ3n) is 5.59. The molecular weight excluding hydrogens is 415 g/mol. The molecule has 9 heteroatoms. The molecule has 0 spiro atoms. The van der Waals surface area contributed by atoms with Crippen LogP contribution in [0.5, 0.6) is 0 Å². The molecule has 7 nitrogen and oxygen atoms in total. The number of nitrogens with zero attached hydrogens (tertiary/aromatic N) is 3. The Bertz CT molecular complexity index is 1070. The number of benzene rings is 1. The van der Waals surface area contributed by atoms with E-state index < -0.39 is 11.6 Å². The number of amides is 3. The monoisotopic (exact) mass is 430 g/mol. The molecule has 3 heterocycles. The van der Waals surface area contributed by atoms with Gasteiger partial charge >= 0.3 is 0 Å². The Hall–Kier alpha value is -2.64. The fraction of sp³-hybridized carbons (Fsp3) is 0.300. The van der Waals surface area contributed by atoms with E-state index in [0.717, 1.165) is 12.8 Å². The van der Waals surface area contributed by atoms with Crippen LogP contribution in [0.4, 0.5) is 11.4 Å². The van der Waals surface area contributed by atoms with Crippen LogP contribution in [-0.4, -0.2) is 39.3 Å². The summed E-state index contributed by atoms with van der Waals surface area (Å²) in [5.41, 5.74) is -0.281. The van der Waals surface area contributed by atoms with Crippen molar-refractivity contribution in [3.8, 4) is 0 Å². The minimum absolute atomic E-state index is 0.0806. The highest BCUT2D eigenvalue weighted by Gasteiger charge is 2.63. The van der Waals surface area contributed by atoms with Gasteiger partial charge in [-0.15, -0.1) is 0 Å². The van der Waals surface area contributed by atoms with Gasteiger partial charge in [0.1, 0.15) is 0 Å². The molecule has 1 aliphatic carbocycles. The summed E-state index contributed by atoms with van der Waals surface area (Å²) in [6.07, 6.45) is 4.89. The van der Waals surface area contributed by atoms with Gasteiger partial charge in [0.15, 0.2) is 0 Å². The first-order chi connectivity index (χ1) is 13.9. The number of hydrogen-bond donors (Lipinski definition) is 1. The third kappa shape index (κ3) is 2.72. The zero-order valence-electron chi connectivity index (χ0n) is 15.2. The minimum Gasteiger partial charge on any atom is -0.321 e. The van der Waals surface area contributed by atoms with E-state index >= 15 is 0 Å². The molecule has 0 radical (unpaired) electrons. The van der Waals surface area contributed by atoms with E-state index in [1.54, 1.807) is 29.2 Å². The van der Waals surface area contributed by atoms with Crippen LogP contribution >= 0.6 is 23.2 Å². The first-order valence-corrected chi connectivity index (χ1v) is 10.1. The number of carbonyl (C=O) groups excluding carboxylic acids is 3. The second-order valence-electron chi connectivity index (χ2n) is 7.46. The lowest BCUT2D eigenvalue weighted by Crippen LogP contribution is -2.70. The summed E-state index contributed by atoms with van der Waals surface area (Å²) in [7, 11) is 0. The van der Waals surface area contributed by atoms with Gasteiger partial charge in [-0.05, 0) is 37.1 Å². The van der Waals surface area contributed by atoms with Gasteiger partial charge in [-0.25, -0.2) is 0 Å². The average Bonchev–Trinajstić information content (AvgIpc) is 3.44. The SMILES string of the molecule is O=C1CCC2(C(=O)Nc3cncc(Cl)c3)N1c1cc(Cl)ccc1C(=O)N2C1CC1. The van der Waals surface area contributed by atoms with Crippen molar-refractivity contribution >= 4 is 52.3 Å². The van der Waals surface area contributed by atoms with Gasteiger partial charge in [-0.3, -0.25) is 24.3 Å². The van der Waals surface area contributed by atoms with E-state index in [9.17, 15) is 14.4 Å². The van der Waals surface area contributed by atoms with Crippen LogP contribution in [0.25, 0.3) is 0 Å². The summed E-state index contributed by atoms with van der Waals surface area (Å²) in [6, 6.07) is 6.30. The molecule has 148 valence electrons. The van der Waals surface area contributed by atoms with Crippen LogP contribution < -0.4 is 10.2 Å². The average molecular weight is 431 g/mol. The summed E-state index contributed by atoms with van der Waals surface area (Å²) in [6.45, 7) is 0. The molecule has 29 heavy (non-hydrogen) atoms. The Morgan fingerprint density at radius 1 is 1.14 bits per heavy atom. The van der Waals surface area contributed by atoms with Crippen molar-refractivity contribution in [2.75, 3.05) is 10.2 Å². The van der Waals surface area contributed by atoms with Crippen LogP contribution in [0.1, 0.15) is 36.0 Å². The van der Waals surface area contributed by atoms with Crippen molar-refractivity contribution in [3.05, 3.63) is 52.3 Å². The first kappa shape index (κ1) is 18.4. The molecule has 1 N–H and O–H groups in total. The Kier molecular flexibility index (Phi) is 4.08. The van der Waals surface area contributed by atoms with Crippen LogP contribution in [0, 0.1) is 0 Å². The van der Waals surface area contributed by atoms with Crippen molar-refractivity contribution in [1.82, 2.24) is 9.88 Å². The maximum atomic E-state index is 13.6. The van der Waals surface area contributed by atoms with Crippen LogP contribution in [0.15, 0.2) is 36.7 Å². The fourth-order valence-corrected chi connectivity index (χ4v) is 4.62. The third-order valence-corrected chi connectivity index (χ3v) is 6.04. The predicted octanol–water partition coefficient (Wildman–Crippen LogP) is 3.47. The van der Waals surface area contributed by atoms with Gasteiger partial charge in [0, 0.05) is 30.1 Å². The first-order valence-electron chi connectivity index (χ1n) is 9.30. The molecule has 1 saturated carbocycles. The molecule has 2 fully saturated rings. The largest absolute Gasteiger partial charge is 0.321 e. The van der Waals surface area contributed by atoms with Crippen molar-refractivity contribution in [1.29, 1.82) is 0 Å². The van der Waals surface area contributed by atoms with Crippen molar-refractivity contribution in [2.45, 2.75) is 37.4 Å². The summed E-state index contributed by atoms with van der Waals surface area (Å²) in [5.74, 6) is -0.936. The molecule has 1 aromatic heterocycles. The zero-order chi connectivity index (χ0) is 20.3. The summed E-state index contributed by atoms with van der Waals surface area (Å²) >= 11 is 12.1. The lowest BCUT2D eigenvalue weighted by molar-refractivity contribution is -0.129. The van der Waals surface area contributed by atoms with Crippen molar-refractivity contribution in [2.24, 2.45) is 0 Å². The quantitative estimate of drug-likeness (QED) is 0.807. The van der Waals surface area contributed by atoms with Gasteiger partial charge in [0.2, 0.25) is 11.6 Å². The molecule has 3 aliphatic rings. The van der Waals surface area contributed by atoms with Crippen molar-refractivity contribution in [3.63, 3.8) is 0 Å². The zero-order valence-corrected chi connectivity index (χ0v) is 16.7. The van der Waals surface area contributed by atoms with Gasteiger partial charge in [-0.1, -0.05) is 23.2 Å². The lowest BCUT2D eigenvalue weighted by Gasteiger charge is -2.49. The second kappa shape index (κ2) is 6.43. The van der Waals surface area contributed by atoms with E-state index in [2.05, 4.69) is 10.3 Å². The van der Waals surface area contributed by atoms with Crippen LogP contribution in [0.2, 0.25) is 10.0 Å². The minimum atomic E-state index is -1.44. The van der Waals surface area contributed by atoms with Crippen molar-refractivity contribution < 1.29 is 14.4 Å². The van der Waals surface area contributed by atoms with Gasteiger partial charge in [0.25, 0.3) is 11.8 Å². The topological polar surface area (TPSA) is 82.6 Å². The number of aromatic nitrogens is 1. The van der Waals surface area contributed by atoms with E-state index in [4.69, 9.17) is 23.2 Å². The van der Waals surface area contributed by atoms with E-state index in [-0.39, 0.29) is 30.7 Å². The molecule has 2 aromatic rings. The summed E-state index contributed by atoms with van der Waals surface area (Å²) in [4.78, 5) is 47.0. The van der Waals surface area contributed by atoms with E-state index in [0.29, 0.717) is 27.0 Å². The molecule has 3 amide bonds. The van der Waals surface area contributed by atoms with Gasteiger partial charge in [0.05, 0.1) is 28.2 Å². The number of anilines is 2. The number of carbonyl (C=O) groups is 3. The molecule has 5 rings (SSSR count). The maximum absolute atomic E-state index is 13.6. The lowest BCUT2D eigenvalue weighted by atomic mass is 9.95. The predicted molar refractivity (Wildman–Crippen MR) is 108 cm³/mol. The Morgan fingerprint density at radius 2 is 1.93 bits per heavy atom. The maximum Gasteiger partial charge on any atom is 0.271 e. The second-order valence-corrected chi connectivity index (χ2v) is 8.33. The van der Waals surface area contributed by atoms with E-state index in [1.165, 1.54) is 17.3 Å². The Balaban J connectivity index is 1.66. The number of fused-ring (bicyclic) bond motifs is 3. The van der Waals surface area contributed by atoms with Gasteiger partial charge in [-0.2, -0.15) is 0 Å². The number of rotatable bonds is 3. The molecule has 0 bridgehead atoms. The highest BCUT2D eigenvalue weighted by Crippen LogP contribution is 2.49. The highest BCUT2D eigenvalue weighted by atomic mass is 35.5. The standard InChI is InChI=1S/C20H16Cl2N4O3/c21-11-1-4-15-16(8-11)26-17(27)5-6-20(26,25(18(15)28)14-2-3-14)19(29)24-13-7-12(22)9-23-10-13/h1,4,7-10,14H,2-3,5-6H2,(H,24,29). The van der Waals surface area contributed by atoms with Crippen LogP contribution in [0.3, 0.4) is 0 Å². The molecule has 2 aliphatic heterocycles. The smallest absolute Gasteiger partial charge is 0.271 e. The van der Waals surface area contributed by atoms with Gasteiger partial charge < -0.3 is 10.2 Å². The van der Waals surface area contributed by atoms with E-state index in [1.807, 2.05) is 0 Å². The molecule has 1 atom stereocenters. The fourth-order valence-electron chi connectivity index (χ4n) is 4.28. The summed E-state index contributed by atoms with van der Waals surface area (Å²) < 4.78 is 0. The summed E-state index contributed by atoms with van der Waals surface area (Å²) in [5, 5.41) is 3.57. The Morgan fingerprint density at radius 3 is 2.66 bits per heavy atom. The number of hydrogen-bond acceptors (Lipinski definition) is 4. The number of pyridine rings is 1.